The molecule has 3 N–H and O–H groups in total. The van der Waals surface area contributed by atoms with Crippen molar-refractivity contribution >= 4 is 39.8 Å². The van der Waals surface area contributed by atoms with Gasteiger partial charge in [0.1, 0.15) is 5.75 Å². The maximum atomic E-state index is 12.7. The summed E-state index contributed by atoms with van der Waals surface area (Å²) in [4.78, 5) is 32.4. The van der Waals surface area contributed by atoms with Gasteiger partial charge in [0.25, 0.3) is 11.5 Å². The highest BCUT2D eigenvalue weighted by molar-refractivity contribution is 6.33. The van der Waals surface area contributed by atoms with E-state index in [4.69, 9.17) is 16.3 Å². The van der Waals surface area contributed by atoms with E-state index in [0.717, 1.165) is 91.3 Å². The van der Waals surface area contributed by atoms with Gasteiger partial charge in [0, 0.05) is 57.4 Å². The first-order valence-electron chi connectivity index (χ1n) is 12.6. The van der Waals surface area contributed by atoms with E-state index in [1.807, 2.05) is 19.1 Å². The first-order valence-corrected chi connectivity index (χ1v) is 12.9. The molecule has 0 atom stereocenters. The number of benzene rings is 2. The number of H-pyrrole nitrogens is 1. The van der Waals surface area contributed by atoms with Gasteiger partial charge in [-0.05, 0) is 55.7 Å². The van der Waals surface area contributed by atoms with Crippen LogP contribution in [0.3, 0.4) is 0 Å². The molecule has 2 aliphatic heterocycles. The third kappa shape index (κ3) is 4.75. The summed E-state index contributed by atoms with van der Waals surface area (Å²) in [5.41, 5.74) is 5.15. The highest BCUT2D eigenvalue weighted by atomic mass is 35.5. The quantitative estimate of drug-likeness (QED) is 0.470. The summed E-state index contributed by atoms with van der Waals surface area (Å²) in [6.45, 7) is 7.58. The van der Waals surface area contributed by atoms with Crippen LogP contribution in [0.5, 0.6) is 5.75 Å². The summed E-state index contributed by atoms with van der Waals surface area (Å²) in [5.74, 6) is 0.668. The Kier molecular flexibility index (Phi) is 7.07. The minimum Gasteiger partial charge on any atom is -0.493 e. The number of amides is 1. The molecule has 0 unspecified atom stereocenters. The summed E-state index contributed by atoms with van der Waals surface area (Å²) in [7, 11) is 1.61. The lowest BCUT2D eigenvalue weighted by Crippen LogP contribution is -2.46. The number of hydrogen-bond donors (Lipinski definition) is 3. The number of anilines is 2. The van der Waals surface area contributed by atoms with Crippen molar-refractivity contribution in [2.45, 2.75) is 26.3 Å². The normalized spacial score (nSPS) is 15.9. The van der Waals surface area contributed by atoms with Gasteiger partial charge in [-0.2, -0.15) is 0 Å². The molecule has 8 nitrogen and oxygen atoms in total. The zero-order valence-corrected chi connectivity index (χ0v) is 21.5. The fourth-order valence-corrected chi connectivity index (χ4v) is 5.52. The predicted octanol–water partition coefficient (Wildman–Crippen LogP) is 3.62. The molecule has 1 fully saturated rings. The zero-order valence-electron chi connectivity index (χ0n) is 20.7. The number of aromatic amines is 1. The van der Waals surface area contributed by atoms with Gasteiger partial charge >= 0.3 is 0 Å². The largest absolute Gasteiger partial charge is 0.493 e. The van der Waals surface area contributed by atoms with E-state index in [2.05, 4.69) is 37.6 Å². The monoisotopic (exact) mass is 509 g/mol. The zero-order chi connectivity index (χ0) is 25.2. The molecule has 0 saturated carbocycles. The third-order valence-corrected chi connectivity index (χ3v) is 7.30. The first kappa shape index (κ1) is 24.5. The number of halogens is 1. The van der Waals surface area contributed by atoms with Crippen LogP contribution in [0.25, 0.3) is 10.9 Å². The molecule has 9 heteroatoms. The number of carbonyl (C=O) groups excluding carboxylic acids is 1. The number of aromatic nitrogens is 1. The SMILES string of the molecule is CCOc1cc(CN2CCN(c3ccc(C(=O)NC)cc3Cl)CC2)cc2[nH]c(=O)c3c(c12)NCCC3. The maximum absolute atomic E-state index is 12.7. The lowest BCUT2D eigenvalue weighted by Gasteiger charge is -2.36. The number of piperazine rings is 1. The average molecular weight is 510 g/mol. The number of nitrogens with zero attached hydrogens (tertiary/aromatic N) is 2. The summed E-state index contributed by atoms with van der Waals surface area (Å²) >= 11 is 6.51. The molecule has 0 radical (unpaired) electrons. The Hall–Kier alpha value is -3.23. The molecule has 3 heterocycles. The van der Waals surface area contributed by atoms with E-state index in [9.17, 15) is 9.59 Å². The second-order valence-electron chi connectivity index (χ2n) is 9.30. The first-order chi connectivity index (χ1) is 17.5. The van der Waals surface area contributed by atoms with Crippen molar-refractivity contribution in [3.05, 3.63) is 62.4 Å². The summed E-state index contributed by atoms with van der Waals surface area (Å²) in [6.07, 6.45) is 1.74. The van der Waals surface area contributed by atoms with Gasteiger partial charge in [0.05, 0.1) is 33.9 Å². The topological polar surface area (TPSA) is 89.7 Å². The van der Waals surface area contributed by atoms with Crippen molar-refractivity contribution in [2.24, 2.45) is 0 Å². The van der Waals surface area contributed by atoms with E-state index >= 15 is 0 Å². The van der Waals surface area contributed by atoms with E-state index in [1.54, 1.807) is 13.1 Å². The van der Waals surface area contributed by atoms with Crippen molar-refractivity contribution in [3.8, 4) is 5.75 Å². The molecule has 0 aliphatic carbocycles. The number of hydrogen-bond acceptors (Lipinski definition) is 6. The predicted molar refractivity (Wildman–Crippen MR) is 145 cm³/mol. The van der Waals surface area contributed by atoms with Gasteiger partial charge in [-0.3, -0.25) is 14.5 Å². The number of fused-ring (bicyclic) bond motifs is 3. The van der Waals surface area contributed by atoms with Crippen molar-refractivity contribution in [1.82, 2.24) is 15.2 Å². The van der Waals surface area contributed by atoms with Gasteiger partial charge < -0.3 is 25.3 Å². The Morgan fingerprint density at radius 2 is 1.97 bits per heavy atom. The van der Waals surface area contributed by atoms with Crippen LogP contribution >= 0.6 is 11.6 Å². The van der Waals surface area contributed by atoms with E-state index < -0.39 is 0 Å². The van der Waals surface area contributed by atoms with Crippen LogP contribution in [0, 0.1) is 0 Å². The van der Waals surface area contributed by atoms with Gasteiger partial charge in [0.15, 0.2) is 0 Å². The van der Waals surface area contributed by atoms with Crippen LogP contribution in [0.2, 0.25) is 5.02 Å². The molecule has 5 rings (SSSR count). The van der Waals surface area contributed by atoms with E-state index in [1.165, 1.54) is 0 Å². The lowest BCUT2D eigenvalue weighted by molar-refractivity contribution is 0.0963. The van der Waals surface area contributed by atoms with Crippen LogP contribution in [0.15, 0.2) is 35.1 Å². The average Bonchev–Trinajstić information content (AvgIpc) is 2.89. The number of nitrogens with one attached hydrogen (secondary N) is 3. The molecular weight excluding hydrogens is 478 g/mol. The minimum atomic E-state index is -0.146. The molecule has 190 valence electrons. The van der Waals surface area contributed by atoms with E-state index in [-0.39, 0.29) is 11.5 Å². The fraction of sp³-hybridized carbons (Fsp3) is 0.407. The van der Waals surface area contributed by atoms with Crippen molar-refractivity contribution in [3.63, 3.8) is 0 Å². The van der Waals surface area contributed by atoms with E-state index in [0.29, 0.717) is 17.2 Å². The smallest absolute Gasteiger partial charge is 0.253 e. The number of pyridine rings is 1. The van der Waals surface area contributed by atoms with Crippen molar-refractivity contribution in [1.29, 1.82) is 0 Å². The van der Waals surface area contributed by atoms with Crippen LogP contribution in [0.1, 0.15) is 34.8 Å². The molecule has 2 aliphatic rings. The molecule has 0 spiro atoms. The Morgan fingerprint density at radius 3 is 2.69 bits per heavy atom. The Bertz CT molecular complexity index is 1350. The lowest BCUT2D eigenvalue weighted by atomic mass is 9.99. The molecule has 2 aromatic carbocycles. The number of carbonyl (C=O) groups is 1. The van der Waals surface area contributed by atoms with Crippen molar-refractivity contribution < 1.29 is 9.53 Å². The fourth-order valence-electron chi connectivity index (χ4n) is 5.22. The number of rotatable bonds is 6. The molecule has 1 aromatic heterocycles. The Labute approximate surface area is 215 Å². The van der Waals surface area contributed by atoms with Crippen LogP contribution < -0.4 is 25.8 Å². The Balaban J connectivity index is 1.33. The van der Waals surface area contributed by atoms with Gasteiger partial charge in [-0.15, -0.1) is 0 Å². The molecule has 1 saturated heterocycles. The summed E-state index contributed by atoms with van der Waals surface area (Å²) in [6, 6.07) is 9.65. The van der Waals surface area contributed by atoms with Gasteiger partial charge in [-0.25, -0.2) is 0 Å². The molecular formula is C27H32ClN5O3. The third-order valence-electron chi connectivity index (χ3n) is 7.00. The highest BCUT2D eigenvalue weighted by Gasteiger charge is 2.23. The second-order valence-corrected chi connectivity index (χ2v) is 9.70. The van der Waals surface area contributed by atoms with Gasteiger partial charge in [-0.1, -0.05) is 11.6 Å². The van der Waals surface area contributed by atoms with Gasteiger partial charge in [0.2, 0.25) is 0 Å². The number of ether oxygens (including phenoxy) is 1. The minimum absolute atomic E-state index is 0.0165. The van der Waals surface area contributed by atoms with Crippen LogP contribution in [-0.2, 0) is 13.0 Å². The standard InChI is InChI=1S/C27H32ClN5O3/c1-3-36-23-14-17(13-21-24(23)25-19(27(35)31-21)5-4-8-30-25)16-32-9-11-33(12-10-32)22-7-6-18(15-20(22)28)26(34)29-2/h6-7,13-15,30H,3-5,8-12,16H2,1-2H3,(H,29,34)(H,31,35). The second kappa shape index (κ2) is 10.4. The van der Waals surface area contributed by atoms with Crippen LogP contribution in [0.4, 0.5) is 11.4 Å². The van der Waals surface area contributed by atoms with Crippen LogP contribution in [-0.4, -0.2) is 62.2 Å². The summed E-state index contributed by atoms with van der Waals surface area (Å²) < 4.78 is 6.05. The highest BCUT2D eigenvalue weighted by Crippen LogP contribution is 2.36. The molecule has 3 aromatic rings. The Morgan fingerprint density at radius 1 is 1.17 bits per heavy atom. The molecule has 0 bridgehead atoms. The molecule has 36 heavy (non-hydrogen) atoms. The maximum Gasteiger partial charge on any atom is 0.253 e. The van der Waals surface area contributed by atoms with Crippen molar-refractivity contribution in [2.75, 3.05) is 56.6 Å². The summed E-state index contributed by atoms with van der Waals surface area (Å²) in [5, 5.41) is 7.61. The molecule has 1 amide bonds.